The average molecular weight is 537 g/mol. The minimum Gasteiger partial charge on any atom is -0.479 e. The zero-order valence-corrected chi connectivity index (χ0v) is 22.8. The molecular formula is C30H40N4O5. The number of carbonyl (C=O) groups excluding carboxylic acids is 3. The van der Waals surface area contributed by atoms with Gasteiger partial charge in [0, 0.05) is 19.5 Å². The van der Waals surface area contributed by atoms with Crippen molar-refractivity contribution in [2.24, 2.45) is 11.7 Å². The van der Waals surface area contributed by atoms with Crippen LogP contribution in [-0.2, 0) is 32.0 Å². The lowest BCUT2D eigenvalue weighted by Crippen LogP contribution is -2.54. The highest BCUT2D eigenvalue weighted by atomic mass is 16.6. The fraction of sp³-hybridized carbons (Fsp3) is 0.567. The molecule has 39 heavy (non-hydrogen) atoms. The van der Waals surface area contributed by atoms with Crippen LogP contribution in [0.15, 0.2) is 36.2 Å². The third-order valence-electron chi connectivity index (χ3n) is 8.48. The Kier molecular flexibility index (Phi) is 8.43. The first-order valence-electron chi connectivity index (χ1n) is 14.3. The van der Waals surface area contributed by atoms with Crippen molar-refractivity contribution in [1.82, 2.24) is 15.1 Å². The third kappa shape index (κ3) is 6.07. The summed E-state index contributed by atoms with van der Waals surface area (Å²) in [4.78, 5) is 42.9. The molecule has 0 aromatic heterocycles. The largest absolute Gasteiger partial charge is 0.479 e. The van der Waals surface area contributed by atoms with Gasteiger partial charge in [0.2, 0.25) is 11.8 Å². The van der Waals surface area contributed by atoms with E-state index >= 15 is 0 Å². The van der Waals surface area contributed by atoms with Gasteiger partial charge in [-0.05, 0) is 67.7 Å². The summed E-state index contributed by atoms with van der Waals surface area (Å²) in [6, 6.07) is 4.89. The molecule has 4 bridgehead atoms. The van der Waals surface area contributed by atoms with Crippen LogP contribution >= 0.6 is 0 Å². The minimum atomic E-state index is -0.819. The number of rotatable bonds is 2. The molecule has 210 valence electrons. The van der Waals surface area contributed by atoms with E-state index in [4.69, 9.17) is 15.2 Å². The summed E-state index contributed by atoms with van der Waals surface area (Å²) in [6.07, 6.45) is 11.7. The van der Waals surface area contributed by atoms with Gasteiger partial charge < -0.3 is 30.3 Å². The van der Waals surface area contributed by atoms with Crippen molar-refractivity contribution in [3.63, 3.8) is 0 Å². The second-order valence-corrected chi connectivity index (χ2v) is 11.0. The molecule has 1 aromatic rings. The quantitative estimate of drug-likeness (QED) is 0.598. The molecule has 1 aliphatic carbocycles. The highest BCUT2D eigenvalue weighted by Crippen LogP contribution is 2.32. The van der Waals surface area contributed by atoms with E-state index in [-0.39, 0.29) is 24.8 Å². The van der Waals surface area contributed by atoms with Crippen LogP contribution in [0.5, 0.6) is 0 Å². The number of carbonyl (C=O) groups is 3. The predicted octanol–water partition coefficient (Wildman–Crippen LogP) is 3.47. The molecule has 9 heteroatoms. The van der Waals surface area contributed by atoms with E-state index in [2.05, 4.69) is 35.7 Å². The molecule has 1 aromatic carbocycles. The molecular weight excluding hydrogens is 496 g/mol. The Hall–Kier alpha value is -3.49. The molecule has 0 unspecified atom stereocenters. The number of benzene rings is 1. The molecule has 4 aliphatic rings. The van der Waals surface area contributed by atoms with E-state index in [0.29, 0.717) is 25.6 Å². The van der Waals surface area contributed by atoms with Crippen molar-refractivity contribution in [3.8, 4) is 0 Å². The summed E-state index contributed by atoms with van der Waals surface area (Å²) in [5.74, 6) is -0.0784. The smallest absolute Gasteiger partial charge is 0.410 e. The summed E-state index contributed by atoms with van der Waals surface area (Å²) in [5, 5.41) is 3.36. The van der Waals surface area contributed by atoms with Crippen molar-refractivity contribution < 1.29 is 23.9 Å². The number of nitrogens with two attached hydrogens (primary N) is 1. The summed E-state index contributed by atoms with van der Waals surface area (Å²) >= 11 is 0. The van der Waals surface area contributed by atoms with Crippen molar-refractivity contribution in [1.29, 1.82) is 0 Å². The Morgan fingerprint density at radius 3 is 2.77 bits per heavy atom. The maximum atomic E-state index is 14.0. The van der Waals surface area contributed by atoms with Crippen LogP contribution in [0.25, 0.3) is 6.08 Å². The number of allylic oxidation sites excluding steroid dienone is 2. The van der Waals surface area contributed by atoms with Crippen molar-refractivity contribution >= 4 is 24.0 Å². The standard InChI is InChI=1S/C30H40N4O5/c1-2-26-32-27(22-10-5-6-11-22)29(36)34-18-23(17-25(34)28(31)35)39-30(37)33-15-14-21-13-8-12-20(24(21)19-33)9-4-3-7-16-38-26/h2,4,8-9,12-13,22-23,25,27,32H,3,5-7,10-11,14-19H2,1H3,(H2,31,35)/b9-4+,26-2?/t23-,25+,27+/m1/s1. The Morgan fingerprint density at radius 1 is 1.18 bits per heavy atom. The fourth-order valence-electron chi connectivity index (χ4n) is 6.34. The van der Waals surface area contributed by atoms with E-state index in [1.807, 2.05) is 13.0 Å². The molecule has 1 saturated heterocycles. The maximum Gasteiger partial charge on any atom is 0.410 e. The van der Waals surface area contributed by atoms with Crippen LogP contribution in [0.2, 0.25) is 0 Å². The highest BCUT2D eigenvalue weighted by molar-refractivity contribution is 5.90. The van der Waals surface area contributed by atoms with E-state index in [0.717, 1.165) is 56.1 Å². The van der Waals surface area contributed by atoms with Gasteiger partial charge in [-0.15, -0.1) is 0 Å². The Balaban J connectivity index is 1.42. The van der Waals surface area contributed by atoms with Gasteiger partial charge in [0.05, 0.1) is 13.2 Å². The average Bonchev–Trinajstić information content (AvgIpc) is 3.62. The molecule has 3 atom stereocenters. The number of nitrogens with zero attached hydrogens (tertiary/aromatic N) is 2. The first-order chi connectivity index (χ1) is 18.9. The van der Waals surface area contributed by atoms with Crippen LogP contribution < -0.4 is 11.1 Å². The number of hydrogen-bond donors (Lipinski definition) is 2. The number of amides is 3. The third-order valence-corrected chi connectivity index (χ3v) is 8.48. The van der Waals surface area contributed by atoms with Crippen molar-refractivity contribution in [3.05, 3.63) is 52.9 Å². The molecule has 3 heterocycles. The molecule has 5 rings (SSSR count). The Morgan fingerprint density at radius 2 is 2.00 bits per heavy atom. The number of nitrogens with one attached hydrogen (secondary N) is 1. The van der Waals surface area contributed by atoms with Crippen molar-refractivity contribution in [2.75, 3.05) is 19.7 Å². The molecule has 0 radical (unpaired) electrons. The van der Waals surface area contributed by atoms with Crippen LogP contribution in [0.1, 0.15) is 68.6 Å². The summed E-state index contributed by atoms with van der Waals surface area (Å²) in [5.41, 5.74) is 9.22. The molecule has 3 N–H and O–H groups in total. The van der Waals surface area contributed by atoms with Gasteiger partial charge in [-0.2, -0.15) is 0 Å². The second-order valence-electron chi connectivity index (χ2n) is 11.0. The molecule has 1 saturated carbocycles. The molecule has 3 aliphatic heterocycles. The fourth-order valence-corrected chi connectivity index (χ4v) is 6.34. The summed E-state index contributed by atoms with van der Waals surface area (Å²) < 4.78 is 11.9. The van der Waals surface area contributed by atoms with E-state index < -0.39 is 30.2 Å². The molecule has 9 nitrogen and oxygen atoms in total. The number of primary amides is 1. The van der Waals surface area contributed by atoms with Gasteiger partial charge in [-0.3, -0.25) is 9.59 Å². The van der Waals surface area contributed by atoms with Gasteiger partial charge in [0.25, 0.3) is 0 Å². The van der Waals surface area contributed by atoms with Gasteiger partial charge in [0.1, 0.15) is 18.2 Å². The Bertz CT molecular complexity index is 1140. The number of fused-ring (bicyclic) bond motifs is 3. The van der Waals surface area contributed by atoms with Gasteiger partial charge in [-0.1, -0.05) is 43.2 Å². The second kappa shape index (κ2) is 12.1. The first kappa shape index (κ1) is 27.1. The molecule has 0 spiro atoms. The van der Waals surface area contributed by atoms with Crippen LogP contribution in [0, 0.1) is 5.92 Å². The summed E-state index contributed by atoms with van der Waals surface area (Å²) in [6.45, 7) is 3.57. The highest BCUT2D eigenvalue weighted by Gasteiger charge is 2.45. The van der Waals surface area contributed by atoms with E-state index in [1.165, 1.54) is 10.5 Å². The van der Waals surface area contributed by atoms with Gasteiger partial charge in [0.15, 0.2) is 5.88 Å². The number of hydrogen-bond acceptors (Lipinski definition) is 6. The van der Waals surface area contributed by atoms with E-state index in [1.54, 1.807) is 4.90 Å². The van der Waals surface area contributed by atoms with Gasteiger partial charge >= 0.3 is 6.09 Å². The van der Waals surface area contributed by atoms with E-state index in [9.17, 15) is 14.4 Å². The predicted molar refractivity (Wildman–Crippen MR) is 147 cm³/mol. The van der Waals surface area contributed by atoms with Gasteiger partial charge in [-0.25, -0.2) is 4.79 Å². The van der Waals surface area contributed by atoms with Crippen molar-refractivity contribution in [2.45, 2.75) is 83.0 Å². The monoisotopic (exact) mass is 536 g/mol. The zero-order valence-electron chi connectivity index (χ0n) is 22.8. The maximum absolute atomic E-state index is 14.0. The minimum absolute atomic E-state index is 0.129. The first-order valence-corrected chi connectivity index (χ1v) is 14.3. The number of ether oxygens (including phenoxy) is 2. The normalized spacial score (nSPS) is 28.6. The molecule has 2 fully saturated rings. The lowest BCUT2D eigenvalue weighted by Gasteiger charge is -2.32. The lowest BCUT2D eigenvalue weighted by atomic mass is 9.94. The SMILES string of the molecule is CC=C1N[C@@H](C2CCCC2)C(=O)N2C[C@@H](C[C@H]2C(N)=O)OC(=O)N2CCc3cccc(c3C2)/C=C/CCCO1. The Labute approximate surface area is 230 Å². The summed E-state index contributed by atoms with van der Waals surface area (Å²) in [7, 11) is 0. The van der Waals surface area contributed by atoms with Crippen LogP contribution in [0.4, 0.5) is 4.79 Å². The molecule has 3 amide bonds. The lowest BCUT2D eigenvalue weighted by molar-refractivity contribution is -0.140. The zero-order chi connectivity index (χ0) is 27.4. The van der Waals surface area contributed by atoms with Crippen LogP contribution in [0.3, 0.4) is 0 Å². The van der Waals surface area contributed by atoms with Crippen LogP contribution in [-0.4, -0.2) is 65.6 Å². The topological polar surface area (TPSA) is 114 Å².